The smallest absolute Gasteiger partial charge is 0.363 e. The molecule has 0 spiro atoms. The van der Waals surface area contributed by atoms with Crippen LogP contribution in [0.3, 0.4) is 0 Å². The van der Waals surface area contributed by atoms with Crippen molar-refractivity contribution in [1.82, 2.24) is 0 Å². The topological polar surface area (TPSA) is 134 Å². The molecule has 0 aromatic heterocycles. The number of halogens is 1. The fourth-order valence-corrected chi connectivity index (χ4v) is 3.29. The van der Waals surface area contributed by atoms with Crippen molar-refractivity contribution in [2.75, 3.05) is 0 Å². The normalized spacial score (nSPS) is 14.0. The molecule has 164 valence electrons. The number of aliphatic imine (C=N–C) groups is 1. The predicted molar refractivity (Wildman–Crippen MR) is 126 cm³/mol. The third-order valence-corrected chi connectivity index (χ3v) is 5.17. The molecule has 1 aliphatic rings. The highest BCUT2D eigenvalue weighted by molar-refractivity contribution is 14.1. The van der Waals surface area contributed by atoms with E-state index in [2.05, 4.69) is 27.6 Å². The number of nitro groups is 2. The van der Waals surface area contributed by atoms with Crippen LogP contribution in [0.1, 0.15) is 11.1 Å². The van der Waals surface area contributed by atoms with Gasteiger partial charge in [-0.2, -0.15) is 0 Å². The summed E-state index contributed by atoms with van der Waals surface area (Å²) < 4.78 is 11.9. The Hall–Kier alpha value is -4.13. The summed E-state index contributed by atoms with van der Waals surface area (Å²) in [5, 5.41) is 22.2. The Morgan fingerprint density at radius 3 is 2.42 bits per heavy atom. The molecule has 3 aromatic rings. The van der Waals surface area contributed by atoms with Crippen LogP contribution < -0.4 is 4.74 Å². The molecule has 0 atom stereocenters. The fourth-order valence-electron chi connectivity index (χ4n) is 2.93. The average Bonchev–Trinajstić information content (AvgIpc) is 3.14. The number of nitrogens with zero attached hydrogens (tertiary/aromatic N) is 3. The van der Waals surface area contributed by atoms with E-state index in [1.807, 2.05) is 12.1 Å². The summed E-state index contributed by atoms with van der Waals surface area (Å²) in [6.45, 7) is 0. The molecule has 1 aliphatic heterocycles. The maximum absolute atomic E-state index is 12.2. The van der Waals surface area contributed by atoms with Crippen LogP contribution in [0.15, 0.2) is 77.4 Å². The minimum absolute atomic E-state index is 0.0852. The van der Waals surface area contributed by atoms with Gasteiger partial charge in [-0.25, -0.2) is 9.79 Å². The lowest BCUT2D eigenvalue weighted by molar-refractivity contribution is -0.394. The lowest BCUT2D eigenvalue weighted by Crippen LogP contribution is -2.05. The molecule has 0 N–H and O–H groups in total. The van der Waals surface area contributed by atoms with E-state index < -0.39 is 27.2 Å². The average molecular weight is 557 g/mol. The molecule has 0 radical (unpaired) electrons. The number of cyclic esters (lactones) is 1. The van der Waals surface area contributed by atoms with Gasteiger partial charge in [0.25, 0.3) is 5.69 Å². The van der Waals surface area contributed by atoms with Gasteiger partial charge in [0, 0.05) is 15.2 Å². The van der Waals surface area contributed by atoms with Gasteiger partial charge >= 0.3 is 11.7 Å². The minimum atomic E-state index is -0.760. The molecule has 11 heteroatoms. The van der Waals surface area contributed by atoms with E-state index in [0.29, 0.717) is 11.1 Å². The van der Waals surface area contributed by atoms with Gasteiger partial charge in [0.2, 0.25) is 11.6 Å². The molecule has 0 saturated carbocycles. The van der Waals surface area contributed by atoms with Crippen LogP contribution in [0.2, 0.25) is 0 Å². The third-order valence-electron chi connectivity index (χ3n) is 4.45. The Bertz CT molecular complexity index is 1350. The Morgan fingerprint density at radius 1 is 0.970 bits per heavy atom. The molecule has 4 rings (SSSR count). The van der Waals surface area contributed by atoms with Crippen molar-refractivity contribution in [2.24, 2.45) is 4.99 Å². The van der Waals surface area contributed by atoms with Crippen molar-refractivity contribution >= 4 is 51.9 Å². The van der Waals surface area contributed by atoms with Crippen molar-refractivity contribution in [2.45, 2.75) is 0 Å². The largest absolute Gasteiger partial charge is 0.450 e. The van der Waals surface area contributed by atoms with Gasteiger partial charge in [0.15, 0.2) is 5.70 Å². The van der Waals surface area contributed by atoms with Gasteiger partial charge in [-0.05, 0) is 76.7 Å². The lowest BCUT2D eigenvalue weighted by Gasteiger charge is -2.07. The van der Waals surface area contributed by atoms with E-state index >= 15 is 0 Å². The van der Waals surface area contributed by atoms with E-state index in [4.69, 9.17) is 9.47 Å². The van der Waals surface area contributed by atoms with Gasteiger partial charge in [-0.1, -0.05) is 12.1 Å². The second-order valence-electron chi connectivity index (χ2n) is 6.68. The Kier molecular flexibility index (Phi) is 6.13. The number of hydrogen-bond donors (Lipinski definition) is 0. The summed E-state index contributed by atoms with van der Waals surface area (Å²) in [6, 6.07) is 16.8. The molecule has 0 unspecified atom stereocenters. The number of esters is 1. The van der Waals surface area contributed by atoms with Gasteiger partial charge < -0.3 is 9.47 Å². The summed E-state index contributed by atoms with van der Waals surface area (Å²) >= 11 is 2.17. The van der Waals surface area contributed by atoms with Crippen LogP contribution in [0.4, 0.5) is 11.4 Å². The number of benzene rings is 3. The van der Waals surface area contributed by atoms with Gasteiger partial charge in [0.05, 0.1) is 15.9 Å². The van der Waals surface area contributed by atoms with Crippen LogP contribution >= 0.6 is 22.6 Å². The maximum Gasteiger partial charge on any atom is 0.363 e. The van der Waals surface area contributed by atoms with Gasteiger partial charge in [0.1, 0.15) is 5.75 Å². The van der Waals surface area contributed by atoms with E-state index in [-0.39, 0.29) is 23.1 Å². The Morgan fingerprint density at radius 2 is 1.73 bits per heavy atom. The molecular formula is C22H12IN3O7. The summed E-state index contributed by atoms with van der Waals surface area (Å²) in [5.74, 6) is -0.346. The lowest BCUT2D eigenvalue weighted by atomic mass is 10.2. The molecule has 0 aliphatic carbocycles. The number of non-ortho nitro benzene ring substituents is 1. The first-order valence-corrected chi connectivity index (χ1v) is 10.4. The SMILES string of the molecule is O=C1OC(c2ccc(I)cc2)=N/C1=C/c1cccc(Oc2ccc([N+](=O)[O-])cc2[N+](=O)[O-])c1. The van der Waals surface area contributed by atoms with E-state index in [1.165, 1.54) is 6.08 Å². The van der Waals surface area contributed by atoms with Crippen LogP contribution in [0.5, 0.6) is 11.5 Å². The Balaban J connectivity index is 1.61. The second-order valence-corrected chi connectivity index (χ2v) is 7.93. The highest BCUT2D eigenvalue weighted by Gasteiger charge is 2.24. The molecule has 0 bridgehead atoms. The van der Waals surface area contributed by atoms with E-state index in [9.17, 15) is 25.0 Å². The fraction of sp³-hybridized carbons (Fsp3) is 0. The first-order chi connectivity index (χ1) is 15.8. The second kappa shape index (κ2) is 9.16. The number of rotatable bonds is 6. The van der Waals surface area contributed by atoms with Crippen molar-refractivity contribution < 1.29 is 24.1 Å². The third kappa shape index (κ3) is 5.03. The minimum Gasteiger partial charge on any atom is -0.450 e. The quantitative estimate of drug-likeness (QED) is 0.133. The van der Waals surface area contributed by atoms with Crippen molar-refractivity contribution in [1.29, 1.82) is 0 Å². The van der Waals surface area contributed by atoms with Gasteiger partial charge in [-0.15, -0.1) is 0 Å². The first-order valence-electron chi connectivity index (χ1n) is 9.29. The van der Waals surface area contributed by atoms with Crippen LogP contribution in [-0.2, 0) is 9.53 Å². The number of hydrogen-bond acceptors (Lipinski definition) is 8. The van der Waals surface area contributed by atoms with Crippen LogP contribution in [0.25, 0.3) is 6.08 Å². The maximum atomic E-state index is 12.2. The predicted octanol–water partition coefficient (Wildman–Crippen LogP) is 5.24. The zero-order valence-corrected chi connectivity index (χ0v) is 18.7. The van der Waals surface area contributed by atoms with E-state index in [1.54, 1.807) is 36.4 Å². The monoisotopic (exact) mass is 557 g/mol. The van der Waals surface area contributed by atoms with Crippen molar-refractivity contribution in [3.8, 4) is 11.5 Å². The summed E-state index contributed by atoms with van der Waals surface area (Å²) in [5.41, 5.74) is 0.321. The molecule has 1 heterocycles. The molecule has 10 nitrogen and oxygen atoms in total. The van der Waals surface area contributed by atoms with Gasteiger partial charge in [-0.3, -0.25) is 20.2 Å². The first kappa shape index (κ1) is 22.1. The zero-order valence-electron chi connectivity index (χ0n) is 16.5. The number of carbonyl (C=O) groups is 1. The summed E-state index contributed by atoms with van der Waals surface area (Å²) in [6.07, 6.45) is 1.50. The molecule has 0 saturated heterocycles. The molecule has 3 aromatic carbocycles. The van der Waals surface area contributed by atoms with Crippen molar-refractivity contribution in [3.05, 3.63) is 107 Å². The van der Waals surface area contributed by atoms with E-state index in [0.717, 1.165) is 21.8 Å². The molecule has 0 amide bonds. The summed E-state index contributed by atoms with van der Waals surface area (Å²) in [4.78, 5) is 37.2. The number of nitro benzene ring substituents is 2. The van der Waals surface area contributed by atoms with Crippen LogP contribution in [0, 0.1) is 23.8 Å². The number of carbonyl (C=O) groups excluding carboxylic acids is 1. The zero-order chi connectivity index (χ0) is 23.5. The molecule has 0 fully saturated rings. The molecular weight excluding hydrogens is 545 g/mol. The number of ether oxygens (including phenoxy) is 2. The molecule has 33 heavy (non-hydrogen) atoms. The standard InChI is InChI=1S/C22H12IN3O7/c23-15-6-4-14(5-7-15)21-24-18(22(27)33-21)11-13-2-1-3-17(10-13)32-20-9-8-16(25(28)29)12-19(20)26(30)31/h1-12H/b18-11+. The van der Waals surface area contributed by atoms with Crippen molar-refractivity contribution in [3.63, 3.8) is 0 Å². The van der Waals surface area contributed by atoms with Crippen LogP contribution in [-0.4, -0.2) is 21.7 Å². The Labute approximate surface area is 199 Å². The highest BCUT2D eigenvalue weighted by Crippen LogP contribution is 2.34. The highest BCUT2D eigenvalue weighted by atomic mass is 127. The summed E-state index contributed by atoms with van der Waals surface area (Å²) in [7, 11) is 0.